The van der Waals surface area contributed by atoms with E-state index in [0.29, 0.717) is 5.76 Å². The molecular formula is C17H16O5. The largest absolute Gasteiger partial charge is 0.512 e. The molecule has 22 heavy (non-hydrogen) atoms. The van der Waals surface area contributed by atoms with Crippen LogP contribution in [0.4, 0.5) is 0 Å². The Balaban J connectivity index is 2.00. The van der Waals surface area contributed by atoms with E-state index < -0.39 is 12.1 Å². The fourth-order valence-corrected chi connectivity index (χ4v) is 2.57. The van der Waals surface area contributed by atoms with Crippen LogP contribution in [0.15, 0.2) is 64.5 Å². The Morgan fingerprint density at radius 2 is 2.00 bits per heavy atom. The number of hydrogen-bond acceptors (Lipinski definition) is 5. The molecule has 2 aromatic rings. The lowest BCUT2D eigenvalue weighted by Gasteiger charge is -2.30. The average molecular weight is 300 g/mol. The second kappa shape index (κ2) is 6.07. The molecule has 0 spiro atoms. The minimum atomic E-state index is -0.790. The van der Waals surface area contributed by atoms with E-state index in [9.17, 15) is 9.90 Å². The molecule has 0 saturated heterocycles. The van der Waals surface area contributed by atoms with E-state index in [0.717, 1.165) is 5.56 Å². The van der Waals surface area contributed by atoms with Crippen molar-refractivity contribution in [2.45, 2.75) is 18.6 Å². The van der Waals surface area contributed by atoms with Gasteiger partial charge < -0.3 is 19.0 Å². The molecule has 1 aromatic heterocycles. The molecule has 0 saturated carbocycles. The number of esters is 1. The molecule has 0 aliphatic carbocycles. The van der Waals surface area contributed by atoms with Crippen molar-refractivity contribution in [3.8, 4) is 0 Å². The molecule has 2 heterocycles. The van der Waals surface area contributed by atoms with Gasteiger partial charge in [-0.25, -0.2) is 4.79 Å². The first kappa shape index (κ1) is 14.4. The summed E-state index contributed by atoms with van der Waals surface area (Å²) in [6, 6.07) is 13.0. The highest BCUT2D eigenvalue weighted by molar-refractivity contribution is 5.90. The first-order valence-electron chi connectivity index (χ1n) is 6.95. The van der Waals surface area contributed by atoms with Gasteiger partial charge in [0, 0.05) is 6.42 Å². The van der Waals surface area contributed by atoms with E-state index in [4.69, 9.17) is 13.9 Å². The molecule has 5 nitrogen and oxygen atoms in total. The SMILES string of the molecule is COC(=O)C1=C(O)C[C@@H](c2ccccc2)O[C@@H]1c1ccco1. The third kappa shape index (κ3) is 2.63. The molecule has 1 aromatic carbocycles. The van der Waals surface area contributed by atoms with Gasteiger partial charge in [-0.2, -0.15) is 0 Å². The van der Waals surface area contributed by atoms with Crippen LogP contribution in [0.3, 0.4) is 0 Å². The van der Waals surface area contributed by atoms with Crippen molar-refractivity contribution in [1.82, 2.24) is 0 Å². The van der Waals surface area contributed by atoms with E-state index in [1.54, 1.807) is 12.1 Å². The topological polar surface area (TPSA) is 68.9 Å². The Labute approximate surface area is 127 Å². The lowest BCUT2D eigenvalue weighted by molar-refractivity contribution is -0.140. The highest BCUT2D eigenvalue weighted by Gasteiger charge is 2.37. The molecule has 0 radical (unpaired) electrons. The molecule has 0 fully saturated rings. The molecule has 1 aliphatic rings. The molecule has 3 rings (SSSR count). The second-order valence-corrected chi connectivity index (χ2v) is 4.99. The zero-order chi connectivity index (χ0) is 15.5. The van der Waals surface area contributed by atoms with Gasteiger partial charge in [0.1, 0.15) is 17.1 Å². The van der Waals surface area contributed by atoms with Crippen molar-refractivity contribution in [1.29, 1.82) is 0 Å². The Morgan fingerprint density at radius 1 is 1.23 bits per heavy atom. The number of rotatable bonds is 3. The number of benzene rings is 1. The van der Waals surface area contributed by atoms with Crippen molar-refractivity contribution < 1.29 is 23.8 Å². The number of methoxy groups -OCH3 is 1. The summed E-state index contributed by atoms with van der Waals surface area (Å²) < 4.78 is 16.1. The summed E-state index contributed by atoms with van der Waals surface area (Å²) in [4.78, 5) is 12.0. The molecule has 1 aliphatic heterocycles. The lowest BCUT2D eigenvalue weighted by Crippen LogP contribution is -2.25. The minimum absolute atomic E-state index is 0.0339. The Bertz CT molecular complexity index is 672. The van der Waals surface area contributed by atoms with Crippen LogP contribution in [0.2, 0.25) is 0 Å². The Hall–Kier alpha value is -2.53. The van der Waals surface area contributed by atoms with Gasteiger partial charge >= 0.3 is 5.97 Å². The lowest BCUT2D eigenvalue weighted by atomic mass is 9.95. The maximum absolute atomic E-state index is 12.0. The van der Waals surface area contributed by atoms with Crippen molar-refractivity contribution in [2.75, 3.05) is 7.11 Å². The number of hydrogen-bond donors (Lipinski definition) is 1. The smallest absolute Gasteiger partial charge is 0.340 e. The third-order valence-corrected chi connectivity index (χ3v) is 3.63. The molecule has 0 amide bonds. The van der Waals surface area contributed by atoms with E-state index in [1.165, 1.54) is 13.4 Å². The Kier molecular flexibility index (Phi) is 3.98. The Morgan fingerprint density at radius 3 is 2.64 bits per heavy atom. The van der Waals surface area contributed by atoms with Crippen LogP contribution in [0.25, 0.3) is 0 Å². The number of carbonyl (C=O) groups excluding carboxylic acids is 1. The van der Waals surface area contributed by atoms with Gasteiger partial charge in [0.25, 0.3) is 0 Å². The van der Waals surface area contributed by atoms with Crippen molar-refractivity contribution >= 4 is 5.97 Å². The van der Waals surface area contributed by atoms with Gasteiger partial charge in [0.15, 0.2) is 6.10 Å². The van der Waals surface area contributed by atoms with Crippen molar-refractivity contribution in [3.05, 3.63) is 71.4 Å². The summed E-state index contributed by atoms with van der Waals surface area (Å²) in [5.74, 6) is -0.202. The van der Waals surface area contributed by atoms with Crippen molar-refractivity contribution in [3.63, 3.8) is 0 Å². The molecule has 5 heteroatoms. The van der Waals surface area contributed by atoms with Gasteiger partial charge in [0.2, 0.25) is 0 Å². The summed E-state index contributed by atoms with van der Waals surface area (Å²) in [6.07, 6.45) is 0.564. The number of aliphatic hydroxyl groups is 1. The van der Waals surface area contributed by atoms with Gasteiger partial charge in [-0.3, -0.25) is 0 Å². The molecule has 0 unspecified atom stereocenters. The normalized spacial score (nSPS) is 21.7. The van der Waals surface area contributed by atoms with E-state index >= 15 is 0 Å². The van der Waals surface area contributed by atoms with Crippen LogP contribution in [0.5, 0.6) is 0 Å². The van der Waals surface area contributed by atoms with Gasteiger partial charge in [-0.15, -0.1) is 0 Å². The standard InChI is InChI=1S/C17H16O5/c1-20-17(19)15-12(18)10-14(11-6-3-2-4-7-11)22-16(15)13-8-5-9-21-13/h2-9,14,16,18H,10H2,1H3/t14-,16+/m0/s1. The fourth-order valence-electron chi connectivity index (χ4n) is 2.57. The van der Waals surface area contributed by atoms with Crippen LogP contribution in [0.1, 0.15) is 30.0 Å². The summed E-state index contributed by atoms with van der Waals surface area (Å²) in [6.45, 7) is 0. The third-order valence-electron chi connectivity index (χ3n) is 3.63. The van der Waals surface area contributed by atoms with Crippen LogP contribution < -0.4 is 0 Å². The van der Waals surface area contributed by atoms with Crippen LogP contribution in [-0.4, -0.2) is 18.2 Å². The number of furan rings is 1. The van der Waals surface area contributed by atoms with Gasteiger partial charge in [0.05, 0.1) is 19.5 Å². The molecule has 0 bridgehead atoms. The maximum Gasteiger partial charge on any atom is 0.340 e. The maximum atomic E-state index is 12.0. The molecule has 1 N–H and O–H groups in total. The summed E-state index contributed by atoms with van der Waals surface area (Å²) in [7, 11) is 1.27. The number of carbonyl (C=O) groups is 1. The summed E-state index contributed by atoms with van der Waals surface area (Å²) in [5.41, 5.74) is 1.01. The van der Waals surface area contributed by atoms with Gasteiger partial charge in [-0.05, 0) is 17.7 Å². The van der Waals surface area contributed by atoms with Crippen LogP contribution in [-0.2, 0) is 14.3 Å². The van der Waals surface area contributed by atoms with E-state index in [-0.39, 0.29) is 23.9 Å². The second-order valence-electron chi connectivity index (χ2n) is 4.99. The van der Waals surface area contributed by atoms with Crippen LogP contribution >= 0.6 is 0 Å². The average Bonchev–Trinajstić information content (AvgIpc) is 3.08. The zero-order valence-corrected chi connectivity index (χ0v) is 12.1. The fraction of sp³-hybridized carbons (Fsp3) is 0.235. The number of aliphatic hydroxyl groups excluding tert-OH is 1. The molecule has 114 valence electrons. The minimum Gasteiger partial charge on any atom is -0.512 e. The highest BCUT2D eigenvalue weighted by Crippen LogP contribution is 2.41. The van der Waals surface area contributed by atoms with E-state index in [2.05, 4.69) is 0 Å². The molecular weight excluding hydrogens is 284 g/mol. The van der Waals surface area contributed by atoms with E-state index in [1.807, 2.05) is 30.3 Å². The monoisotopic (exact) mass is 300 g/mol. The summed E-state index contributed by atoms with van der Waals surface area (Å²) in [5, 5.41) is 10.3. The first-order chi connectivity index (χ1) is 10.7. The van der Waals surface area contributed by atoms with Gasteiger partial charge in [-0.1, -0.05) is 30.3 Å². The quantitative estimate of drug-likeness (QED) is 0.879. The zero-order valence-electron chi connectivity index (χ0n) is 12.1. The highest BCUT2D eigenvalue weighted by atomic mass is 16.5. The predicted molar refractivity (Wildman–Crippen MR) is 78.0 cm³/mol. The summed E-state index contributed by atoms with van der Waals surface area (Å²) >= 11 is 0. The first-order valence-corrected chi connectivity index (χ1v) is 6.95. The van der Waals surface area contributed by atoms with Crippen LogP contribution in [0, 0.1) is 0 Å². The molecule has 2 atom stereocenters. The van der Waals surface area contributed by atoms with Crippen molar-refractivity contribution in [2.24, 2.45) is 0 Å². The number of ether oxygens (including phenoxy) is 2. The predicted octanol–water partition coefficient (Wildman–Crippen LogP) is 3.47.